The van der Waals surface area contributed by atoms with Crippen LogP contribution < -0.4 is 10.1 Å². The Hall–Kier alpha value is -3.00. The highest BCUT2D eigenvalue weighted by Gasteiger charge is 2.23. The van der Waals surface area contributed by atoms with Gasteiger partial charge in [-0.15, -0.1) is 0 Å². The lowest BCUT2D eigenvalue weighted by atomic mass is 9.92. The first-order valence-electron chi connectivity index (χ1n) is 8.78. The lowest BCUT2D eigenvalue weighted by Gasteiger charge is -2.13. The van der Waals surface area contributed by atoms with Gasteiger partial charge in [-0.05, 0) is 19.1 Å². The number of nitrogens with zero attached hydrogens (tertiary/aromatic N) is 5. The molecule has 146 valence electrons. The van der Waals surface area contributed by atoms with Crippen molar-refractivity contribution in [2.24, 2.45) is 0 Å². The number of rotatable bonds is 5. The predicted octanol–water partition coefficient (Wildman–Crippen LogP) is 3.66. The maximum atomic E-state index is 12.8. The van der Waals surface area contributed by atoms with Gasteiger partial charge in [0.25, 0.3) is 11.9 Å². The lowest BCUT2D eigenvalue weighted by Crippen LogP contribution is -2.18. The fourth-order valence-corrected chi connectivity index (χ4v) is 2.57. The van der Waals surface area contributed by atoms with Gasteiger partial charge in [0.2, 0.25) is 5.88 Å². The molecule has 1 N–H and O–H groups in total. The van der Waals surface area contributed by atoms with Crippen LogP contribution in [-0.4, -0.2) is 37.2 Å². The Labute approximate surface area is 167 Å². The summed E-state index contributed by atoms with van der Waals surface area (Å²) in [5, 5.41) is 7.60. The predicted molar refractivity (Wildman–Crippen MR) is 106 cm³/mol. The Morgan fingerprint density at radius 1 is 1.25 bits per heavy atom. The fraction of sp³-hybridized carbons (Fsp3) is 0.316. The maximum Gasteiger partial charge on any atom is 0.277 e. The quantitative estimate of drug-likeness (QED) is 0.702. The van der Waals surface area contributed by atoms with Crippen LogP contribution in [0.25, 0.3) is 5.95 Å². The number of amides is 1. The zero-order valence-electron chi connectivity index (χ0n) is 16.1. The van der Waals surface area contributed by atoms with Gasteiger partial charge in [0.15, 0.2) is 5.69 Å². The molecule has 0 radical (unpaired) electrons. The second-order valence-corrected chi connectivity index (χ2v) is 7.40. The molecule has 0 saturated carbocycles. The summed E-state index contributed by atoms with van der Waals surface area (Å²) in [6.45, 7) is 8.36. The van der Waals surface area contributed by atoms with Gasteiger partial charge < -0.3 is 10.1 Å². The lowest BCUT2D eigenvalue weighted by molar-refractivity contribution is 0.102. The summed E-state index contributed by atoms with van der Waals surface area (Å²) >= 11 is 6.17. The van der Waals surface area contributed by atoms with Gasteiger partial charge in [-0.1, -0.05) is 32.4 Å². The van der Waals surface area contributed by atoms with E-state index < -0.39 is 5.91 Å². The number of anilines is 1. The Kier molecular flexibility index (Phi) is 5.60. The molecule has 1 amide bonds. The number of halogens is 1. The second-order valence-electron chi connectivity index (χ2n) is 6.99. The normalized spacial score (nSPS) is 11.3. The van der Waals surface area contributed by atoms with Crippen LogP contribution in [0.4, 0.5) is 5.82 Å². The van der Waals surface area contributed by atoms with Crippen molar-refractivity contribution in [3.8, 4) is 11.8 Å². The third kappa shape index (κ3) is 4.28. The second kappa shape index (κ2) is 7.93. The van der Waals surface area contributed by atoms with Crippen LogP contribution in [0.5, 0.6) is 5.88 Å². The Morgan fingerprint density at radius 3 is 2.61 bits per heavy atom. The van der Waals surface area contributed by atoms with E-state index in [4.69, 9.17) is 16.3 Å². The molecule has 0 fully saturated rings. The van der Waals surface area contributed by atoms with E-state index in [-0.39, 0.29) is 16.1 Å². The van der Waals surface area contributed by atoms with Crippen LogP contribution in [-0.2, 0) is 5.41 Å². The van der Waals surface area contributed by atoms with E-state index in [0.29, 0.717) is 24.3 Å². The average molecular weight is 401 g/mol. The van der Waals surface area contributed by atoms with E-state index in [1.54, 1.807) is 36.7 Å². The topological polar surface area (TPSA) is 94.8 Å². The standard InChI is InChI=1S/C19H21ClN6O2/c1-5-28-15-8-7-12(20)16(24-15)17(27)23-14-11-13(19(2,3)4)25-26(14)18-21-9-6-10-22-18/h6-11H,5H2,1-4H3,(H,23,27). The smallest absolute Gasteiger partial charge is 0.277 e. The minimum absolute atomic E-state index is 0.0617. The molecule has 3 rings (SSSR count). The van der Waals surface area contributed by atoms with Crippen LogP contribution in [0.3, 0.4) is 0 Å². The fourth-order valence-electron chi connectivity index (χ4n) is 2.38. The number of carbonyl (C=O) groups excluding carboxylic acids is 1. The summed E-state index contributed by atoms with van der Waals surface area (Å²) in [5.41, 5.74) is 0.605. The first-order chi connectivity index (χ1) is 13.3. The Morgan fingerprint density at radius 2 is 1.96 bits per heavy atom. The van der Waals surface area contributed by atoms with E-state index >= 15 is 0 Å². The number of aromatic nitrogens is 5. The molecule has 0 aliphatic heterocycles. The van der Waals surface area contributed by atoms with Crippen LogP contribution in [0.2, 0.25) is 5.02 Å². The molecule has 3 aromatic heterocycles. The molecular formula is C19H21ClN6O2. The van der Waals surface area contributed by atoms with E-state index in [1.807, 2.05) is 27.7 Å². The van der Waals surface area contributed by atoms with Gasteiger partial charge in [-0.25, -0.2) is 15.0 Å². The van der Waals surface area contributed by atoms with Gasteiger partial charge in [-0.2, -0.15) is 9.78 Å². The molecule has 0 aliphatic carbocycles. The van der Waals surface area contributed by atoms with Crippen LogP contribution >= 0.6 is 11.6 Å². The van der Waals surface area contributed by atoms with Crippen LogP contribution in [0.1, 0.15) is 43.9 Å². The highest BCUT2D eigenvalue weighted by molar-refractivity contribution is 6.34. The van der Waals surface area contributed by atoms with Crippen molar-refractivity contribution in [1.29, 1.82) is 0 Å². The molecule has 28 heavy (non-hydrogen) atoms. The molecule has 0 unspecified atom stereocenters. The molecule has 0 aliphatic rings. The van der Waals surface area contributed by atoms with Crippen molar-refractivity contribution in [3.05, 3.63) is 53.1 Å². The molecule has 0 saturated heterocycles. The zero-order chi connectivity index (χ0) is 20.3. The van der Waals surface area contributed by atoms with Crippen molar-refractivity contribution >= 4 is 23.3 Å². The molecule has 8 nitrogen and oxygen atoms in total. The number of carbonyl (C=O) groups is 1. The first-order valence-corrected chi connectivity index (χ1v) is 9.16. The monoisotopic (exact) mass is 400 g/mol. The summed E-state index contributed by atoms with van der Waals surface area (Å²) < 4.78 is 6.84. The van der Waals surface area contributed by atoms with Gasteiger partial charge >= 0.3 is 0 Å². The summed E-state index contributed by atoms with van der Waals surface area (Å²) in [7, 11) is 0. The SMILES string of the molecule is CCOc1ccc(Cl)c(C(=O)Nc2cc(C(C)(C)C)nn2-c2ncccn2)n1. The largest absolute Gasteiger partial charge is 0.478 e. The van der Waals surface area contributed by atoms with Crippen LogP contribution in [0, 0.1) is 0 Å². The summed E-state index contributed by atoms with van der Waals surface area (Å²) in [6, 6.07) is 6.68. The van der Waals surface area contributed by atoms with E-state index in [9.17, 15) is 4.79 Å². The number of pyridine rings is 1. The Balaban J connectivity index is 1.99. The molecular weight excluding hydrogens is 380 g/mol. The minimum Gasteiger partial charge on any atom is -0.478 e. The molecule has 0 spiro atoms. The molecule has 3 aromatic rings. The first kappa shape index (κ1) is 19.8. The average Bonchev–Trinajstić information content (AvgIpc) is 3.08. The van der Waals surface area contributed by atoms with Crippen molar-refractivity contribution in [2.45, 2.75) is 33.1 Å². The van der Waals surface area contributed by atoms with Crippen LogP contribution in [0.15, 0.2) is 36.7 Å². The minimum atomic E-state index is -0.482. The number of hydrogen-bond donors (Lipinski definition) is 1. The number of nitrogens with one attached hydrogen (secondary N) is 1. The highest BCUT2D eigenvalue weighted by atomic mass is 35.5. The highest BCUT2D eigenvalue weighted by Crippen LogP contribution is 2.26. The van der Waals surface area contributed by atoms with Gasteiger partial charge in [-0.3, -0.25) is 4.79 Å². The summed E-state index contributed by atoms with van der Waals surface area (Å²) in [5.74, 6) is 0.604. The van der Waals surface area contributed by atoms with Crippen molar-refractivity contribution in [3.63, 3.8) is 0 Å². The van der Waals surface area contributed by atoms with E-state index in [0.717, 1.165) is 5.69 Å². The number of hydrogen-bond acceptors (Lipinski definition) is 6. The van der Waals surface area contributed by atoms with E-state index in [1.165, 1.54) is 4.68 Å². The zero-order valence-corrected chi connectivity index (χ0v) is 16.9. The third-order valence-corrected chi connectivity index (χ3v) is 4.09. The van der Waals surface area contributed by atoms with Gasteiger partial charge in [0.05, 0.1) is 17.3 Å². The number of ether oxygens (including phenoxy) is 1. The molecule has 0 atom stereocenters. The maximum absolute atomic E-state index is 12.8. The third-order valence-electron chi connectivity index (χ3n) is 3.79. The summed E-state index contributed by atoms with van der Waals surface area (Å²) in [4.78, 5) is 25.5. The molecule has 0 bridgehead atoms. The van der Waals surface area contributed by atoms with Gasteiger partial charge in [0, 0.05) is 29.9 Å². The summed E-state index contributed by atoms with van der Waals surface area (Å²) in [6.07, 6.45) is 3.22. The Bertz CT molecular complexity index is 982. The van der Waals surface area contributed by atoms with Crippen molar-refractivity contribution < 1.29 is 9.53 Å². The van der Waals surface area contributed by atoms with Gasteiger partial charge in [0.1, 0.15) is 5.82 Å². The molecule has 0 aromatic carbocycles. The molecule has 9 heteroatoms. The van der Waals surface area contributed by atoms with Crippen molar-refractivity contribution in [1.82, 2.24) is 24.7 Å². The molecule has 3 heterocycles. The van der Waals surface area contributed by atoms with E-state index in [2.05, 4.69) is 25.4 Å². The van der Waals surface area contributed by atoms with Crippen molar-refractivity contribution in [2.75, 3.05) is 11.9 Å².